The van der Waals surface area contributed by atoms with E-state index >= 15 is 0 Å². The van der Waals surface area contributed by atoms with Crippen LogP contribution in [0.25, 0.3) is 0 Å². The Morgan fingerprint density at radius 2 is 2.11 bits per heavy atom. The summed E-state index contributed by atoms with van der Waals surface area (Å²) < 4.78 is 0.770. The SMILES string of the molecule is Cc1c(NC(C)c2ccc(Cl)s2)cccc1C(N)=O. The van der Waals surface area contributed by atoms with Crippen LogP contribution in [0, 0.1) is 6.92 Å². The second-order valence-corrected chi connectivity index (χ2v) is 6.10. The maximum absolute atomic E-state index is 11.3. The third-order valence-electron chi connectivity index (χ3n) is 2.99. The van der Waals surface area contributed by atoms with E-state index in [1.165, 1.54) is 0 Å². The number of anilines is 1. The van der Waals surface area contributed by atoms with Crippen LogP contribution in [0.1, 0.15) is 33.8 Å². The van der Waals surface area contributed by atoms with E-state index in [-0.39, 0.29) is 6.04 Å². The highest BCUT2D eigenvalue weighted by Crippen LogP contribution is 2.30. The van der Waals surface area contributed by atoms with E-state index in [4.69, 9.17) is 17.3 Å². The molecule has 1 amide bonds. The third kappa shape index (κ3) is 3.08. The van der Waals surface area contributed by atoms with Crippen molar-refractivity contribution < 1.29 is 4.79 Å². The van der Waals surface area contributed by atoms with Crippen molar-refractivity contribution in [3.63, 3.8) is 0 Å². The lowest BCUT2D eigenvalue weighted by molar-refractivity contribution is 0.1000. The second-order valence-electron chi connectivity index (χ2n) is 4.35. The maximum atomic E-state index is 11.3. The van der Waals surface area contributed by atoms with Crippen molar-refractivity contribution in [2.75, 3.05) is 5.32 Å². The molecule has 3 N–H and O–H groups in total. The van der Waals surface area contributed by atoms with E-state index in [2.05, 4.69) is 12.2 Å². The number of nitrogens with two attached hydrogens (primary N) is 1. The van der Waals surface area contributed by atoms with E-state index in [1.807, 2.05) is 31.2 Å². The Labute approximate surface area is 121 Å². The Balaban J connectivity index is 2.24. The predicted octanol–water partition coefficient (Wildman–Crippen LogP) is 3.98. The van der Waals surface area contributed by atoms with Gasteiger partial charge in [-0.25, -0.2) is 0 Å². The number of carbonyl (C=O) groups is 1. The standard InChI is InChI=1S/C14H15ClN2OS/c1-8-10(14(16)18)4-3-5-11(8)17-9(2)12-6-7-13(15)19-12/h3-7,9,17H,1-2H3,(H2,16,18). The van der Waals surface area contributed by atoms with Gasteiger partial charge in [0.25, 0.3) is 0 Å². The topological polar surface area (TPSA) is 55.1 Å². The lowest BCUT2D eigenvalue weighted by Gasteiger charge is -2.17. The molecule has 0 bridgehead atoms. The van der Waals surface area contributed by atoms with E-state index in [9.17, 15) is 4.79 Å². The summed E-state index contributed by atoms with van der Waals surface area (Å²) in [6.07, 6.45) is 0. The third-order valence-corrected chi connectivity index (χ3v) is 4.41. The molecular weight excluding hydrogens is 280 g/mol. The number of amides is 1. The van der Waals surface area contributed by atoms with Crippen LogP contribution in [0.4, 0.5) is 5.69 Å². The number of hydrogen-bond donors (Lipinski definition) is 2. The highest BCUT2D eigenvalue weighted by atomic mass is 35.5. The molecule has 0 radical (unpaired) electrons. The zero-order chi connectivity index (χ0) is 14.0. The Hall–Kier alpha value is -1.52. The Morgan fingerprint density at radius 1 is 1.37 bits per heavy atom. The predicted molar refractivity (Wildman–Crippen MR) is 81.1 cm³/mol. The fourth-order valence-corrected chi connectivity index (χ4v) is 2.99. The lowest BCUT2D eigenvalue weighted by atomic mass is 10.1. The lowest BCUT2D eigenvalue weighted by Crippen LogP contribution is -2.14. The van der Waals surface area contributed by atoms with Gasteiger partial charge in [0.05, 0.1) is 10.4 Å². The van der Waals surface area contributed by atoms with Gasteiger partial charge in [-0.2, -0.15) is 0 Å². The summed E-state index contributed by atoms with van der Waals surface area (Å²) in [7, 11) is 0. The van der Waals surface area contributed by atoms with Crippen LogP contribution in [0.15, 0.2) is 30.3 Å². The normalized spacial score (nSPS) is 12.2. The number of primary amides is 1. The van der Waals surface area contributed by atoms with Gasteiger partial charge in [-0.05, 0) is 43.7 Å². The molecule has 5 heteroatoms. The quantitative estimate of drug-likeness (QED) is 0.896. The Kier molecular flexibility index (Phi) is 4.12. The number of nitrogens with one attached hydrogen (secondary N) is 1. The zero-order valence-electron chi connectivity index (χ0n) is 10.7. The van der Waals surface area contributed by atoms with Crippen LogP contribution in [-0.2, 0) is 0 Å². The van der Waals surface area contributed by atoms with E-state index < -0.39 is 5.91 Å². The van der Waals surface area contributed by atoms with Gasteiger partial charge in [-0.3, -0.25) is 4.79 Å². The van der Waals surface area contributed by atoms with Crippen molar-refractivity contribution in [2.24, 2.45) is 5.73 Å². The van der Waals surface area contributed by atoms with Gasteiger partial charge in [-0.15, -0.1) is 11.3 Å². The van der Waals surface area contributed by atoms with E-state index in [1.54, 1.807) is 17.4 Å². The zero-order valence-corrected chi connectivity index (χ0v) is 12.3. The number of benzene rings is 1. The summed E-state index contributed by atoms with van der Waals surface area (Å²) in [4.78, 5) is 12.5. The largest absolute Gasteiger partial charge is 0.377 e. The summed E-state index contributed by atoms with van der Waals surface area (Å²) in [6, 6.07) is 9.50. The fourth-order valence-electron chi connectivity index (χ4n) is 1.92. The monoisotopic (exact) mass is 294 g/mol. The van der Waals surface area contributed by atoms with Crippen molar-refractivity contribution in [1.82, 2.24) is 0 Å². The van der Waals surface area contributed by atoms with Crippen molar-refractivity contribution in [2.45, 2.75) is 19.9 Å². The average Bonchev–Trinajstić information content (AvgIpc) is 2.78. The van der Waals surface area contributed by atoms with Crippen molar-refractivity contribution in [1.29, 1.82) is 0 Å². The molecule has 0 saturated carbocycles. The van der Waals surface area contributed by atoms with E-state index in [0.717, 1.165) is 20.5 Å². The Morgan fingerprint density at radius 3 is 2.68 bits per heavy atom. The molecule has 1 aromatic heterocycles. The number of hydrogen-bond acceptors (Lipinski definition) is 3. The van der Waals surface area contributed by atoms with Crippen LogP contribution < -0.4 is 11.1 Å². The number of halogens is 1. The minimum Gasteiger partial charge on any atom is -0.377 e. The first-order valence-corrected chi connectivity index (χ1v) is 7.09. The van der Waals surface area contributed by atoms with Gasteiger partial charge < -0.3 is 11.1 Å². The molecule has 0 aliphatic heterocycles. The van der Waals surface area contributed by atoms with Crippen LogP contribution >= 0.6 is 22.9 Å². The van der Waals surface area contributed by atoms with Crippen LogP contribution in [0.2, 0.25) is 4.34 Å². The minimum absolute atomic E-state index is 0.124. The first kappa shape index (κ1) is 13.9. The summed E-state index contributed by atoms with van der Waals surface area (Å²) in [5.41, 5.74) is 7.67. The highest BCUT2D eigenvalue weighted by molar-refractivity contribution is 7.16. The van der Waals surface area contributed by atoms with E-state index in [0.29, 0.717) is 5.56 Å². The molecular formula is C14H15ClN2OS. The van der Waals surface area contributed by atoms with Gasteiger partial charge >= 0.3 is 0 Å². The van der Waals surface area contributed by atoms with Crippen molar-refractivity contribution in [3.05, 3.63) is 50.7 Å². The molecule has 100 valence electrons. The molecule has 0 spiro atoms. The molecule has 2 rings (SSSR count). The molecule has 3 nitrogen and oxygen atoms in total. The Bertz CT molecular complexity index is 609. The van der Waals surface area contributed by atoms with Crippen LogP contribution in [-0.4, -0.2) is 5.91 Å². The van der Waals surface area contributed by atoms with Crippen LogP contribution in [0.3, 0.4) is 0 Å². The number of thiophene rings is 1. The molecule has 1 aromatic carbocycles. The molecule has 1 heterocycles. The molecule has 19 heavy (non-hydrogen) atoms. The molecule has 1 atom stereocenters. The molecule has 0 fully saturated rings. The van der Waals surface area contributed by atoms with Gasteiger partial charge in [0, 0.05) is 16.1 Å². The highest BCUT2D eigenvalue weighted by Gasteiger charge is 2.12. The van der Waals surface area contributed by atoms with Gasteiger partial charge in [0.2, 0.25) is 5.91 Å². The fraction of sp³-hybridized carbons (Fsp3) is 0.214. The van der Waals surface area contributed by atoms with Crippen molar-refractivity contribution in [3.8, 4) is 0 Å². The first-order chi connectivity index (χ1) is 8.99. The van der Waals surface area contributed by atoms with Gasteiger partial charge in [-0.1, -0.05) is 17.7 Å². The molecule has 0 saturated heterocycles. The number of rotatable bonds is 4. The summed E-state index contributed by atoms with van der Waals surface area (Å²) >= 11 is 7.48. The molecule has 2 aromatic rings. The van der Waals surface area contributed by atoms with Gasteiger partial charge in [0.1, 0.15) is 0 Å². The first-order valence-electron chi connectivity index (χ1n) is 5.90. The second kappa shape index (κ2) is 5.63. The number of carbonyl (C=O) groups excluding carboxylic acids is 1. The average molecular weight is 295 g/mol. The smallest absolute Gasteiger partial charge is 0.249 e. The molecule has 0 aliphatic carbocycles. The van der Waals surface area contributed by atoms with Gasteiger partial charge in [0.15, 0.2) is 0 Å². The summed E-state index contributed by atoms with van der Waals surface area (Å²) in [5.74, 6) is -0.409. The van der Waals surface area contributed by atoms with Crippen molar-refractivity contribution >= 4 is 34.5 Å². The minimum atomic E-state index is -0.409. The maximum Gasteiger partial charge on any atom is 0.249 e. The summed E-state index contributed by atoms with van der Waals surface area (Å²) in [5, 5.41) is 3.38. The molecule has 1 unspecified atom stereocenters. The molecule has 0 aliphatic rings. The van der Waals surface area contributed by atoms with Crippen LogP contribution in [0.5, 0.6) is 0 Å². The summed E-state index contributed by atoms with van der Waals surface area (Å²) in [6.45, 7) is 3.94.